The maximum Gasteiger partial charge on any atom is 0.230 e. The topological polar surface area (TPSA) is 64.7 Å². The minimum Gasteiger partial charge on any atom is -0.353 e. The lowest BCUT2D eigenvalue weighted by molar-refractivity contribution is -0.119. The molecule has 2 aromatic rings. The maximum atomic E-state index is 12.1. The van der Waals surface area contributed by atoms with Crippen LogP contribution in [0.15, 0.2) is 29.7 Å². The van der Waals surface area contributed by atoms with E-state index in [0.717, 1.165) is 36.7 Å². The Labute approximate surface area is 140 Å². The van der Waals surface area contributed by atoms with E-state index in [9.17, 15) is 4.79 Å². The molecule has 1 amide bonds. The van der Waals surface area contributed by atoms with Crippen molar-refractivity contribution >= 4 is 17.7 Å². The zero-order chi connectivity index (χ0) is 16.1. The number of hydrogen-bond acceptors (Lipinski definition) is 4. The molecule has 0 bridgehead atoms. The van der Waals surface area contributed by atoms with Gasteiger partial charge < -0.3 is 5.32 Å². The van der Waals surface area contributed by atoms with Crippen molar-refractivity contribution in [2.24, 2.45) is 0 Å². The van der Waals surface area contributed by atoms with E-state index in [2.05, 4.69) is 22.4 Å². The van der Waals surface area contributed by atoms with E-state index in [1.807, 2.05) is 33.9 Å². The van der Waals surface area contributed by atoms with Crippen LogP contribution in [-0.2, 0) is 11.2 Å². The van der Waals surface area contributed by atoms with Gasteiger partial charge in [-0.2, -0.15) is 0 Å². The number of aromatic nitrogens is 4. The number of thioether (sulfide) groups is 1. The fourth-order valence-corrected chi connectivity index (χ4v) is 3.69. The van der Waals surface area contributed by atoms with Crippen LogP contribution in [-0.4, -0.2) is 37.3 Å². The summed E-state index contributed by atoms with van der Waals surface area (Å²) in [7, 11) is 0. The Balaban J connectivity index is 1.66. The Morgan fingerprint density at radius 2 is 2.04 bits per heavy atom. The van der Waals surface area contributed by atoms with Crippen molar-refractivity contribution < 1.29 is 4.79 Å². The Bertz CT molecular complexity index is 631. The van der Waals surface area contributed by atoms with Gasteiger partial charge in [0.1, 0.15) is 0 Å². The van der Waals surface area contributed by atoms with Gasteiger partial charge in [-0.25, -0.2) is 4.68 Å². The van der Waals surface area contributed by atoms with Gasteiger partial charge in [-0.3, -0.25) is 9.47 Å². The van der Waals surface area contributed by atoms with Crippen LogP contribution >= 0.6 is 11.8 Å². The van der Waals surface area contributed by atoms with Crippen LogP contribution in [0.4, 0.5) is 0 Å². The normalized spacial score (nSPS) is 15.2. The molecular formula is C16H23N5OS. The van der Waals surface area contributed by atoms with Gasteiger partial charge in [0.05, 0.1) is 5.75 Å². The van der Waals surface area contributed by atoms with Crippen LogP contribution in [0.2, 0.25) is 0 Å². The Morgan fingerprint density at radius 1 is 1.30 bits per heavy atom. The maximum absolute atomic E-state index is 12.1. The first kappa shape index (κ1) is 16.1. The highest BCUT2D eigenvalue weighted by molar-refractivity contribution is 7.99. The van der Waals surface area contributed by atoms with Crippen LogP contribution in [0, 0.1) is 0 Å². The van der Waals surface area contributed by atoms with E-state index in [-0.39, 0.29) is 5.91 Å². The number of nitrogens with one attached hydrogen (secondary N) is 1. The molecule has 23 heavy (non-hydrogen) atoms. The number of nitrogens with zero attached hydrogens (tertiary/aromatic N) is 4. The number of carbonyl (C=O) groups is 1. The Kier molecular flexibility index (Phi) is 5.38. The molecule has 3 rings (SSSR count). The summed E-state index contributed by atoms with van der Waals surface area (Å²) < 4.78 is 3.94. The SMILES string of the molecule is CCCc1nnc(SCC(=O)NC2CCCC2)n1-n1cccc1. The second-order valence-electron chi connectivity index (χ2n) is 5.86. The largest absolute Gasteiger partial charge is 0.353 e. The highest BCUT2D eigenvalue weighted by Gasteiger charge is 2.19. The molecule has 6 nitrogen and oxygen atoms in total. The van der Waals surface area contributed by atoms with Crippen LogP contribution in [0.5, 0.6) is 0 Å². The Hall–Kier alpha value is -1.76. The summed E-state index contributed by atoms with van der Waals surface area (Å²) in [5.74, 6) is 1.38. The molecule has 7 heteroatoms. The fraction of sp³-hybridized carbons (Fsp3) is 0.562. The van der Waals surface area contributed by atoms with E-state index in [1.165, 1.54) is 24.6 Å². The van der Waals surface area contributed by atoms with Crippen molar-refractivity contribution in [2.45, 2.75) is 56.6 Å². The number of carbonyl (C=O) groups excluding carboxylic acids is 1. The molecule has 0 unspecified atom stereocenters. The van der Waals surface area contributed by atoms with Crippen LogP contribution in [0.25, 0.3) is 0 Å². The molecule has 1 saturated carbocycles. The quantitative estimate of drug-likeness (QED) is 0.791. The summed E-state index contributed by atoms with van der Waals surface area (Å²) in [6.45, 7) is 2.12. The van der Waals surface area contributed by atoms with Crippen molar-refractivity contribution in [3.05, 3.63) is 30.4 Å². The van der Waals surface area contributed by atoms with E-state index in [0.29, 0.717) is 11.8 Å². The van der Waals surface area contributed by atoms with Gasteiger partial charge >= 0.3 is 0 Å². The minimum absolute atomic E-state index is 0.0843. The van der Waals surface area contributed by atoms with E-state index < -0.39 is 0 Å². The predicted octanol–water partition coefficient (Wildman–Crippen LogP) is 2.49. The molecule has 1 aliphatic rings. The summed E-state index contributed by atoms with van der Waals surface area (Å²) in [6.07, 6.45) is 10.5. The first-order valence-electron chi connectivity index (χ1n) is 8.28. The van der Waals surface area contributed by atoms with Crippen molar-refractivity contribution in [1.82, 2.24) is 24.9 Å². The van der Waals surface area contributed by atoms with Gasteiger partial charge in [0.2, 0.25) is 11.1 Å². The van der Waals surface area contributed by atoms with Gasteiger partial charge in [0, 0.05) is 24.9 Å². The summed E-state index contributed by atoms with van der Waals surface area (Å²) in [5, 5.41) is 12.4. The zero-order valence-corrected chi connectivity index (χ0v) is 14.3. The average Bonchev–Trinajstić information content (AvgIpc) is 3.27. The number of amides is 1. The van der Waals surface area contributed by atoms with Crippen LogP contribution in [0.3, 0.4) is 0 Å². The molecule has 0 atom stereocenters. The second kappa shape index (κ2) is 7.68. The molecule has 1 fully saturated rings. The van der Waals surface area contributed by atoms with Crippen molar-refractivity contribution in [1.29, 1.82) is 0 Å². The minimum atomic E-state index is 0.0843. The monoisotopic (exact) mass is 333 g/mol. The highest BCUT2D eigenvalue weighted by atomic mass is 32.2. The third-order valence-electron chi connectivity index (χ3n) is 4.02. The molecule has 0 aromatic carbocycles. The molecule has 2 aromatic heterocycles. The Morgan fingerprint density at radius 3 is 2.74 bits per heavy atom. The van der Waals surface area contributed by atoms with Crippen LogP contribution in [0.1, 0.15) is 44.9 Å². The summed E-state index contributed by atoms with van der Waals surface area (Å²) in [4.78, 5) is 12.1. The zero-order valence-electron chi connectivity index (χ0n) is 13.4. The second-order valence-corrected chi connectivity index (χ2v) is 6.80. The first-order chi connectivity index (χ1) is 11.3. The molecule has 1 N–H and O–H groups in total. The molecule has 0 radical (unpaired) electrons. The number of rotatable bonds is 7. The first-order valence-corrected chi connectivity index (χ1v) is 9.26. The van der Waals surface area contributed by atoms with Gasteiger partial charge in [0.25, 0.3) is 0 Å². The van der Waals surface area contributed by atoms with Gasteiger partial charge in [-0.05, 0) is 31.4 Å². The molecular weight excluding hydrogens is 310 g/mol. The molecule has 0 spiro atoms. The van der Waals surface area contributed by atoms with E-state index >= 15 is 0 Å². The van der Waals surface area contributed by atoms with E-state index in [1.54, 1.807) is 0 Å². The van der Waals surface area contributed by atoms with Crippen LogP contribution < -0.4 is 5.32 Å². The standard InChI is InChI=1S/C16H23N5OS/c1-2-7-14-18-19-16(21(14)20-10-5-6-11-20)23-12-15(22)17-13-8-3-4-9-13/h5-6,10-11,13H,2-4,7-9,12H2,1H3,(H,17,22). The van der Waals surface area contributed by atoms with Gasteiger partial charge in [-0.15, -0.1) is 10.2 Å². The lowest BCUT2D eigenvalue weighted by Gasteiger charge is -2.12. The third kappa shape index (κ3) is 3.96. The molecule has 124 valence electrons. The summed E-state index contributed by atoms with van der Waals surface area (Å²) in [6, 6.07) is 4.30. The van der Waals surface area contributed by atoms with Crippen molar-refractivity contribution in [3.63, 3.8) is 0 Å². The number of hydrogen-bond donors (Lipinski definition) is 1. The molecule has 0 aliphatic heterocycles. The van der Waals surface area contributed by atoms with Crippen molar-refractivity contribution in [3.8, 4) is 0 Å². The molecule has 0 saturated heterocycles. The third-order valence-corrected chi connectivity index (χ3v) is 4.94. The fourth-order valence-electron chi connectivity index (χ4n) is 2.93. The molecule has 1 aliphatic carbocycles. The lowest BCUT2D eigenvalue weighted by atomic mass is 10.2. The smallest absolute Gasteiger partial charge is 0.230 e. The predicted molar refractivity (Wildman–Crippen MR) is 90.4 cm³/mol. The number of aryl methyl sites for hydroxylation is 1. The molecule has 2 heterocycles. The van der Waals surface area contributed by atoms with E-state index in [4.69, 9.17) is 0 Å². The average molecular weight is 333 g/mol. The van der Waals surface area contributed by atoms with Crippen molar-refractivity contribution in [2.75, 3.05) is 5.75 Å². The lowest BCUT2D eigenvalue weighted by Crippen LogP contribution is -2.33. The highest BCUT2D eigenvalue weighted by Crippen LogP contribution is 2.20. The summed E-state index contributed by atoms with van der Waals surface area (Å²) in [5.41, 5.74) is 0. The summed E-state index contributed by atoms with van der Waals surface area (Å²) >= 11 is 1.44. The van der Waals surface area contributed by atoms with Gasteiger partial charge in [0.15, 0.2) is 5.82 Å². The van der Waals surface area contributed by atoms with Gasteiger partial charge in [-0.1, -0.05) is 31.5 Å².